The van der Waals surface area contributed by atoms with E-state index in [1.54, 1.807) is 0 Å². The number of hydrogen-bond donors (Lipinski definition) is 2. The van der Waals surface area contributed by atoms with Crippen LogP contribution in [0.3, 0.4) is 0 Å². The summed E-state index contributed by atoms with van der Waals surface area (Å²) in [7, 11) is 0. The zero-order valence-electron chi connectivity index (χ0n) is 14.9. The van der Waals surface area contributed by atoms with Crippen LogP contribution in [0.5, 0.6) is 0 Å². The van der Waals surface area contributed by atoms with E-state index in [0.717, 1.165) is 22.5 Å². The second-order valence-electron chi connectivity index (χ2n) is 6.74. The van der Waals surface area contributed by atoms with Crippen molar-refractivity contribution in [2.24, 2.45) is 0 Å². The molecule has 2 amide bonds. The Bertz CT molecular complexity index is 760. The molecule has 25 heavy (non-hydrogen) atoms. The molecule has 2 aromatic rings. The standard InChI is InChI=1S/C19H24N4O2/c1-12-4-6-15(7-5-12)11-23-9-8-17(19(23)25)20-18(24)10-16-13(2)21-22-14(16)3/h4-7,17H,8-11H2,1-3H3,(H,20,24)(H,21,22)/t17-/m0/s1. The Morgan fingerprint density at radius 2 is 2.00 bits per heavy atom. The van der Waals surface area contributed by atoms with Crippen molar-refractivity contribution >= 4 is 11.8 Å². The minimum atomic E-state index is -0.425. The molecule has 2 heterocycles. The molecular formula is C19H24N4O2. The Balaban J connectivity index is 1.56. The molecule has 1 aromatic carbocycles. The summed E-state index contributed by atoms with van der Waals surface area (Å²) in [6, 6.07) is 7.75. The maximum atomic E-state index is 12.5. The van der Waals surface area contributed by atoms with Crippen molar-refractivity contribution in [1.82, 2.24) is 20.4 Å². The number of amides is 2. The van der Waals surface area contributed by atoms with Crippen LogP contribution in [0.15, 0.2) is 24.3 Å². The first kappa shape index (κ1) is 17.2. The monoisotopic (exact) mass is 340 g/mol. The van der Waals surface area contributed by atoms with E-state index in [1.807, 2.05) is 49.9 Å². The third kappa shape index (κ3) is 3.90. The lowest BCUT2D eigenvalue weighted by Crippen LogP contribution is -2.42. The number of hydrogen-bond acceptors (Lipinski definition) is 3. The fourth-order valence-corrected chi connectivity index (χ4v) is 3.18. The first-order chi connectivity index (χ1) is 11.9. The van der Waals surface area contributed by atoms with Gasteiger partial charge in [-0.05, 0) is 32.8 Å². The van der Waals surface area contributed by atoms with Gasteiger partial charge >= 0.3 is 0 Å². The van der Waals surface area contributed by atoms with Crippen LogP contribution < -0.4 is 5.32 Å². The molecule has 6 heteroatoms. The van der Waals surface area contributed by atoms with Gasteiger partial charge in [0.25, 0.3) is 0 Å². The quantitative estimate of drug-likeness (QED) is 0.871. The Kier molecular flexibility index (Phi) is 4.88. The van der Waals surface area contributed by atoms with Gasteiger partial charge in [0.05, 0.1) is 12.1 Å². The van der Waals surface area contributed by atoms with E-state index in [9.17, 15) is 9.59 Å². The molecule has 1 saturated heterocycles. The summed E-state index contributed by atoms with van der Waals surface area (Å²) >= 11 is 0. The fraction of sp³-hybridized carbons (Fsp3) is 0.421. The van der Waals surface area contributed by atoms with Crippen molar-refractivity contribution in [3.8, 4) is 0 Å². The molecule has 1 aliphatic heterocycles. The summed E-state index contributed by atoms with van der Waals surface area (Å²) in [4.78, 5) is 26.6. The number of carbonyl (C=O) groups is 2. The average molecular weight is 340 g/mol. The highest BCUT2D eigenvalue weighted by atomic mass is 16.2. The van der Waals surface area contributed by atoms with E-state index in [1.165, 1.54) is 5.56 Å². The zero-order valence-corrected chi connectivity index (χ0v) is 14.9. The van der Waals surface area contributed by atoms with Crippen LogP contribution in [-0.2, 0) is 22.6 Å². The Hall–Kier alpha value is -2.63. The fourth-order valence-electron chi connectivity index (χ4n) is 3.18. The van der Waals surface area contributed by atoms with E-state index < -0.39 is 6.04 Å². The van der Waals surface area contributed by atoms with Crippen molar-refractivity contribution in [3.63, 3.8) is 0 Å². The van der Waals surface area contributed by atoms with Crippen molar-refractivity contribution < 1.29 is 9.59 Å². The Morgan fingerprint density at radius 3 is 2.64 bits per heavy atom. The van der Waals surface area contributed by atoms with E-state index in [4.69, 9.17) is 0 Å². The third-order valence-electron chi connectivity index (χ3n) is 4.74. The molecule has 1 atom stereocenters. The first-order valence-corrected chi connectivity index (χ1v) is 8.58. The third-order valence-corrected chi connectivity index (χ3v) is 4.74. The van der Waals surface area contributed by atoms with Crippen LogP contribution >= 0.6 is 0 Å². The number of aromatic nitrogens is 2. The molecule has 3 rings (SSSR count). The maximum absolute atomic E-state index is 12.5. The Morgan fingerprint density at radius 1 is 1.28 bits per heavy atom. The van der Waals surface area contributed by atoms with Crippen LogP contribution in [0.2, 0.25) is 0 Å². The topological polar surface area (TPSA) is 78.1 Å². The number of carbonyl (C=O) groups excluding carboxylic acids is 2. The summed E-state index contributed by atoms with van der Waals surface area (Å²) in [5, 5.41) is 9.85. The van der Waals surface area contributed by atoms with Gasteiger partial charge in [0.15, 0.2) is 0 Å². The first-order valence-electron chi connectivity index (χ1n) is 8.58. The van der Waals surface area contributed by atoms with Gasteiger partial charge in [0, 0.05) is 24.3 Å². The van der Waals surface area contributed by atoms with Gasteiger partial charge in [-0.15, -0.1) is 0 Å². The van der Waals surface area contributed by atoms with Gasteiger partial charge in [-0.2, -0.15) is 5.10 Å². The van der Waals surface area contributed by atoms with Crippen molar-refractivity contribution in [1.29, 1.82) is 0 Å². The molecule has 2 N–H and O–H groups in total. The smallest absolute Gasteiger partial charge is 0.245 e. The summed E-state index contributed by atoms with van der Waals surface area (Å²) in [6.07, 6.45) is 0.899. The molecule has 0 bridgehead atoms. The van der Waals surface area contributed by atoms with Gasteiger partial charge in [0.1, 0.15) is 6.04 Å². The minimum absolute atomic E-state index is 0.00503. The van der Waals surface area contributed by atoms with Gasteiger partial charge in [-0.3, -0.25) is 14.7 Å². The molecule has 0 spiro atoms. The Labute approximate surface area is 147 Å². The zero-order chi connectivity index (χ0) is 18.0. The van der Waals surface area contributed by atoms with E-state index in [0.29, 0.717) is 19.5 Å². The molecule has 0 unspecified atom stereocenters. The summed E-state index contributed by atoms with van der Waals surface area (Å²) in [6.45, 7) is 7.06. The minimum Gasteiger partial charge on any atom is -0.344 e. The molecule has 6 nitrogen and oxygen atoms in total. The highest BCUT2D eigenvalue weighted by Crippen LogP contribution is 2.16. The largest absolute Gasteiger partial charge is 0.344 e. The van der Waals surface area contributed by atoms with Gasteiger partial charge in [-0.25, -0.2) is 0 Å². The van der Waals surface area contributed by atoms with E-state index in [-0.39, 0.29) is 18.2 Å². The molecule has 1 aliphatic rings. The van der Waals surface area contributed by atoms with Gasteiger partial charge in [-0.1, -0.05) is 29.8 Å². The van der Waals surface area contributed by atoms with Crippen LogP contribution in [-0.4, -0.2) is 39.5 Å². The van der Waals surface area contributed by atoms with Crippen LogP contribution in [0, 0.1) is 20.8 Å². The number of rotatable bonds is 5. The summed E-state index contributed by atoms with van der Waals surface area (Å²) in [5.41, 5.74) is 4.93. The van der Waals surface area contributed by atoms with Crippen molar-refractivity contribution in [3.05, 3.63) is 52.3 Å². The molecule has 0 radical (unpaired) electrons. The molecule has 132 valence electrons. The van der Waals surface area contributed by atoms with Crippen molar-refractivity contribution in [2.75, 3.05) is 6.54 Å². The molecule has 0 saturated carbocycles. The number of nitrogens with one attached hydrogen (secondary N) is 2. The SMILES string of the molecule is Cc1ccc(CN2CC[C@H](NC(=O)Cc3c(C)n[nH]c3C)C2=O)cc1. The van der Waals surface area contributed by atoms with E-state index in [2.05, 4.69) is 15.5 Å². The lowest BCUT2D eigenvalue weighted by atomic mass is 10.1. The van der Waals surface area contributed by atoms with Crippen LogP contribution in [0.4, 0.5) is 0 Å². The number of aryl methyl sites for hydroxylation is 3. The second kappa shape index (κ2) is 7.09. The maximum Gasteiger partial charge on any atom is 0.245 e. The summed E-state index contributed by atoms with van der Waals surface area (Å²) in [5.74, 6) is -0.141. The van der Waals surface area contributed by atoms with Gasteiger partial charge < -0.3 is 10.2 Å². The number of aromatic amines is 1. The number of H-pyrrole nitrogens is 1. The second-order valence-corrected chi connectivity index (χ2v) is 6.74. The van der Waals surface area contributed by atoms with Crippen molar-refractivity contribution in [2.45, 2.75) is 46.2 Å². The highest BCUT2D eigenvalue weighted by Gasteiger charge is 2.32. The normalized spacial score (nSPS) is 17.2. The predicted octanol–water partition coefficient (Wildman–Crippen LogP) is 1.79. The lowest BCUT2D eigenvalue weighted by Gasteiger charge is -2.17. The summed E-state index contributed by atoms with van der Waals surface area (Å²) < 4.78 is 0. The molecule has 0 aliphatic carbocycles. The molecule has 1 aromatic heterocycles. The number of benzene rings is 1. The highest BCUT2D eigenvalue weighted by molar-refractivity contribution is 5.89. The lowest BCUT2D eigenvalue weighted by molar-refractivity contribution is -0.132. The molecule has 1 fully saturated rings. The van der Waals surface area contributed by atoms with Crippen LogP contribution in [0.1, 0.15) is 34.5 Å². The number of likely N-dealkylation sites (tertiary alicyclic amines) is 1. The van der Waals surface area contributed by atoms with E-state index >= 15 is 0 Å². The average Bonchev–Trinajstić information content (AvgIpc) is 3.08. The number of nitrogens with zero attached hydrogens (tertiary/aromatic N) is 2. The molecular weight excluding hydrogens is 316 g/mol. The van der Waals surface area contributed by atoms with Crippen LogP contribution in [0.25, 0.3) is 0 Å². The van der Waals surface area contributed by atoms with Gasteiger partial charge in [0.2, 0.25) is 11.8 Å². The predicted molar refractivity (Wildman–Crippen MR) is 94.9 cm³/mol.